The normalized spacial score (nSPS) is 11.0. The Morgan fingerprint density at radius 3 is 0.964 bits per heavy atom. The van der Waals surface area contributed by atoms with Crippen molar-refractivity contribution in [3.63, 3.8) is 0 Å². The van der Waals surface area contributed by atoms with E-state index >= 15 is 0 Å². The Morgan fingerprint density at radius 1 is 0.357 bits per heavy atom. The summed E-state index contributed by atoms with van der Waals surface area (Å²) in [6.45, 7) is 6.41. The monoisotopic (exact) mass is 362 g/mol. The fourth-order valence-corrected chi connectivity index (χ4v) is 3.71. The standard InChI is InChI=1S/C28H26/c1-20-4-10-23(11-5-20)24-16-18-27(19-17-24)28(25-12-6-21(2)7-13-25)26-14-8-22(3)9-15-26/h4-19,28H,1-3H3. The van der Waals surface area contributed by atoms with Gasteiger partial charge in [0.05, 0.1) is 0 Å². The van der Waals surface area contributed by atoms with Crippen LogP contribution >= 0.6 is 0 Å². The van der Waals surface area contributed by atoms with Crippen LogP contribution in [0.1, 0.15) is 39.3 Å². The summed E-state index contributed by atoms with van der Waals surface area (Å²) in [4.78, 5) is 0. The SMILES string of the molecule is Cc1ccc(-c2ccc(C(c3ccc(C)cc3)c3ccc(C)cc3)cc2)cc1. The number of hydrogen-bond acceptors (Lipinski definition) is 0. The van der Waals surface area contributed by atoms with Crippen molar-refractivity contribution < 1.29 is 0 Å². The van der Waals surface area contributed by atoms with E-state index in [4.69, 9.17) is 0 Å². The molecule has 0 aromatic heterocycles. The Hall–Kier alpha value is -3.12. The van der Waals surface area contributed by atoms with Gasteiger partial charge in [-0.25, -0.2) is 0 Å². The topological polar surface area (TPSA) is 0 Å². The van der Waals surface area contributed by atoms with Crippen LogP contribution in [0, 0.1) is 20.8 Å². The molecule has 138 valence electrons. The Bertz CT molecular complexity index is 990. The van der Waals surface area contributed by atoms with Crippen molar-refractivity contribution in [2.75, 3.05) is 0 Å². The van der Waals surface area contributed by atoms with Crippen molar-refractivity contribution in [2.45, 2.75) is 26.7 Å². The quantitative estimate of drug-likeness (QED) is 0.330. The zero-order valence-electron chi connectivity index (χ0n) is 16.8. The minimum Gasteiger partial charge on any atom is -0.0590 e. The van der Waals surface area contributed by atoms with E-state index in [2.05, 4.69) is 118 Å². The predicted molar refractivity (Wildman–Crippen MR) is 120 cm³/mol. The first kappa shape index (κ1) is 18.3. The molecule has 4 aromatic rings. The van der Waals surface area contributed by atoms with Crippen LogP contribution in [0.5, 0.6) is 0 Å². The molecule has 0 bridgehead atoms. The van der Waals surface area contributed by atoms with E-state index in [1.54, 1.807) is 0 Å². The first-order valence-corrected chi connectivity index (χ1v) is 9.90. The first-order valence-electron chi connectivity index (χ1n) is 9.90. The Morgan fingerprint density at radius 2 is 0.607 bits per heavy atom. The van der Waals surface area contributed by atoms with Crippen LogP contribution in [-0.2, 0) is 0 Å². The highest BCUT2D eigenvalue weighted by atomic mass is 14.2. The number of hydrogen-bond donors (Lipinski definition) is 0. The lowest BCUT2D eigenvalue weighted by Gasteiger charge is -2.20. The van der Waals surface area contributed by atoms with Gasteiger partial charge in [-0.2, -0.15) is 0 Å². The zero-order valence-corrected chi connectivity index (χ0v) is 16.8. The summed E-state index contributed by atoms with van der Waals surface area (Å²) in [5.74, 6) is 0.244. The molecule has 28 heavy (non-hydrogen) atoms. The summed E-state index contributed by atoms with van der Waals surface area (Å²) >= 11 is 0. The van der Waals surface area contributed by atoms with Crippen LogP contribution in [0.25, 0.3) is 11.1 Å². The van der Waals surface area contributed by atoms with E-state index in [-0.39, 0.29) is 5.92 Å². The molecule has 0 saturated heterocycles. The molecular formula is C28H26. The molecule has 0 unspecified atom stereocenters. The molecule has 0 aliphatic carbocycles. The van der Waals surface area contributed by atoms with Crippen LogP contribution in [0.2, 0.25) is 0 Å². The van der Waals surface area contributed by atoms with Crippen molar-refractivity contribution in [2.24, 2.45) is 0 Å². The van der Waals surface area contributed by atoms with E-state index in [1.807, 2.05) is 0 Å². The third kappa shape index (κ3) is 3.92. The van der Waals surface area contributed by atoms with Crippen LogP contribution in [0.4, 0.5) is 0 Å². The molecule has 0 heteroatoms. The highest BCUT2D eigenvalue weighted by molar-refractivity contribution is 5.64. The highest BCUT2D eigenvalue weighted by Crippen LogP contribution is 2.33. The van der Waals surface area contributed by atoms with Crippen LogP contribution < -0.4 is 0 Å². The number of benzene rings is 4. The molecule has 0 N–H and O–H groups in total. The fraction of sp³-hybridized carbons (Fsp3) is 0.143. The summed E-state index contributed by atoms with van der Waals surface area (Å²) < 4.78 is 0. The molecule has 4 rings (SSSR count). The molecule has 0 amide bonds. The number of rotatable bonds is 4. The van der Waals surface area contributed by atoms with Gasteiger partial charge in [0.1, 0.15) is 0 Å². The lowest BCUT2D eigenvalue weighted by Crippen LogP contribution is -2.03. The summed E-state index contributed by atoms with van der Waals surface area (Å²) in [5.41, 5.74) is 10.4. The molecule has 0 spiro atoms. The molecule has 4 aromatic carbocycles. The molecule has 0 fully saturated rings. The van der Waals surface area contributed by atoms with Gasteiger partial charge in [-0.05, 0) is 48.6 Å². The van der Waals surface area contributed by atoms with Gasteiger partial charge in [0, 0.05) is 5.92 Å². The summed E-state index contributed by atoms with van der Waals surface area (Å²) in [5, 5.41) is 0. The second-order valence-electron chi connectivity index (χ2n) is 7.74. The van der Waals surface area contributed by atoms with Crippen molar-refractivity contribution in [1.29, 1.82) is 0 Å². The van der Waals surface area contributed by atoms with Gasteiger partial charge in [-0.15, -0.1) is 0 Å². The Kier molecular flexibility index (Phi) is 5.12. The van der Waals surface area contributed by atoms with E-state index in [0.29, 0.717) is 0 Å². The van der Waals surface area contributed by atoms with Gasteiger partial charge in [-0.3, -0.25) is 0 Å². The van der Waals surface area contributed by atoms with E-state index in [1.165, 1.54) is 44.5 Å². The molecule has 0 heterocycles. The lowest BCUT2D eigenvalue weighted by atomic mass is 9.84. The molecule has 0 aliphatic rings. The summed E-state index contributed by atoms with van der Waals surface area (Å²) in [7, 11) is 0. The average molecular weight is 363 g/mol. The zero-order chi connectivity index (χ0) is 19.5. The van der Waals surface area contributed by atoms with Crippen molar-refractivity contribution in [3.8, 4) is 11.1 Å². The first-order chi connectivity index (χ1) is 13.6. The van der Waals surface area contributed by atoms with Gasteiger partial charge >= 0.3 is 0 Å². The lowest BCUT2D eigenvalue weighted by molar-refractivity contribution is 0.975. The molecule has 0 saturated carbocycles. The minimum atomic E-state index is 0.244. The molecule has 0 radical (unpaired) electrons. The maximum Gasteiger partial charge on any atom is 0.0340 e. The van der Waals surface area contributed by atoms with Crippen LogP contribution in [-0.4, -0.2) is 0 Å². The van der Waals surface area contributed by atoms with E-state index in [0.717, 1.165) is 0 Å². The Labute approximate surface area is 168 Å². The fourth-order valence-electron chi connectivity index (χ4n) is 3.71. The molecule has 0 atom stereocenters. The molecule has 0 nitrogen and oxygen atoms in total. The second kappa shape index (κ2) is 7.86. The minimum absolute atomic E-state index is 0.244. The van der Waals surface area contributed by atoms with Gasteiger partial charge in [0.2, 0.25) is 0 Å². The third-order valence-corrected chi connectivity index (χ3v) is 5.45. The van der Waals surface area contributed by atoms with E-state index in [9.17, 15) is 0 Å². The summed E-state index contributed by atoms with van der Waals surface area (Å²) in [6.07, 6.45) is 0. The maximum atomic E-state index is 2.28. The third-order valence-electron chi connectivity index (χ3n) is 5.45. The predicted octanol–water partition coefficient (Wildman–Crippen LogP) is 7.46. The van der Waals surface area contributed by atoms with Crippen molar-refractivity contribution in [3.05, 3.63) is 130 Å². The largest absolute Gasteiger partial charge is 0.0590 e. The molecular weight excluding hydrogens is 336 g/mol. The van der Waals surface area contributed by atoms with Gasteiger partial charge in [0.25, 0.3) is 0 Å². The van der Waals surface area contributed by atoms with E-state index < -0.39 is 0 Å². The van der Waals surface area contributed by atoms with Gasteiger partial charge in [-0.1, -0.05) is 114 Å². The van der Waals surface area contributed by atoms with Crippen LogP contribution in [0.3, 0.4) is 0 Å². The molecule has 0 aliphatic heterocycles. The van der Waals surface area contributed by atoms with Gasteiger partial charge in [0.15, 0.2) is 0 Å². The van der Waals surface area contributed by atoms with Crippen molar-refractivity contribution in [1.82, 2.24) is 0 Å². The Balaban J connectivity index is 1.74. The summed E-state index contributed by atoms with van der Waals surface area (Å²) in [6, 6.07) is 35.6. The smallest absolute Gasteiger partial charge is 0.0340 e. The van der Waals surface area contributed by atoms with Crippen molar-refractivity contribution >= 4 is 0 Å². The second-order valence-corrected chi connectivity index (χ2v) is 7.74. The number of aryl methyl sites for hydroxylation is 3. The van der Waals surface area contributed by atoms with Gasteiger partial charge < -0.3 is 0 Å². The average Bonchev–Trinajstić information content (AvgIpc) is 2.72. The maximum absolute atomic E-state index is 2.28. The van der Waals surface area contributed by atoms with Crippen LogP contribution in [0.15, 0.2) is 97.1 Å². The highest BCUT2D eigenvalue weighted by Gasteiger charge is 2.16.